The van der Waals surface area contributed by atoms with Crippen LogP contribution in [0.5, 0.6) is 0 Å². The second-order valence-corrected chi connectivity index (χ2v) is 5.97. The molecule has 0 fully saturated rings. The Morgan fingerprint density at radius 2 is 2.00 bits per heavy atom. The number of imide groups is 1. The van der Waals surface area contributed by atoms with Gasteiger partial charge in [0.25, 0.3) is 11.8 Å². The Hall–Kier alpha value is -3.75. The fraction of sp³-hybridized carbons (Fsp3) is 0.167. The highest BCUT2D eigenvalue weighted by molar-refractivity contribution is 6.21. The minimum absolute atomic E-state index is 0.115. The van der Waals surface area contributed by atoms with E-state index >= 15 is 0 Å². The topological polar surface area (TPSA) is 119 Å². The summed E-state index contributed by atoms with van der Waals surface area (Å²) in [7, 11) is 1.42. The fourth-order valence-corrected chi connectivity index (χ4v) is 2.75. The molecule has 3 amide bonds. The SMILES string of the molecule is CN1C(=O)c2ccc(NC(=O)CCc3nc(-c4ccco4)no3)cc2C1=O. The van der Waals surface area contributed by atoms with E-state index in [1.165, 1.54) is 25.4 Å². The van der Waals surface area contributed by atoms with Gasteiger partial charge in [-0.1, -0.05) is 5.16 Å². The predicted octanol–water partition coefficient (Wildman–Crippen LogP) is 2.13. The first-order valence-electron chi connectivity index (χ1n) is 8.15. The maximum absolute atomic E-state index is 12.1. The lowest BCUT2D eigenvalue weighted by atomic mass is 10.1. The zero-order chi connectivity index (χ0) is 19.0. The van der Waals surface area contributed by atoms with E-state index in [1.54, 1.807) is 18.2 Å². The summed E-state index contributed by atoms with van der Waals surface area (Å²) in [4.78, 5) is 41.2. The number of amides is 3. The van der Waals surface area contributed by atoms with Gasteiger partial charge < -0.3 is 14.3 Å². The number of hydrogen-bond acceptors (Lipinski definition) is 7. The highest BCUT2D eigenvalue weighted by Crippen LogP contribution is 2.25. The maximum Gasteiger partial charge on any atom is 0.261 e. The average Bonchev–Trinajstić information content (AvgIpc) is 3.39. The molecule has 1 N–H and O–H groups in total. The Morgan fingerprint density at radius 3 is 2.78 bits per heavy atom. The molecular formula is C18H14N4O5. The fourth-order valence-electron chi connectivity index (χ4n) is 2.75. The summed E-state index contributed by atoms with van der Waals surface area (Å²) < 4.78 is 10.3. The molecule has 0 bridgehead atoms. The largest absolute Gasteiger partial charge is 0.461 e. The van der Waals surface area contributed by atoms with Gasteiger partial charge in [-0.15, -0.1) is 0 Å². The van der Waals surface area contributed by atoms with Crippen LogP contribution in [0.1, 0.15) is 33.0 Å². The van der Waals surface area contributed by atoms with Gasteiger partial charge in [0.15, 0.2) is 5.76 Å². The molecule has 0 atom stereocenters. The van der Waals surface area contributed by atoms with Crippen molar-refractivity contribution in [2.75, 3.05) is 12.4 Å². The molecule has 1 aliphatic rings. The van der Waals surface area contributed by atoms with Crippen molar-refractivity contribution in [3.63, 3.8) is 0 Å². The second-order valence-electron chi connectivity index (χ2n) is 5.97. The molecule has 0 radical (unpaired) electrons. The van der Waals surface area contributed by atoms with Crippen LogP contribution >= 0.6 is 0 Å². The van der Waals surface area contributed by atoms with E-state index in [0.717, 1.165) is 4.90 Å². The van der Waals surface area contributed by atoms with Crippen molar-refractivity contribution in [3.8, 4) is 11.6 Å². The van der Waals surface area contributed by atoms with Crippen LogP contribution < -0.4 is 5.32 Å². The summed E-state index contributed by atoms with van der Waals surface area (Å²) in [5, 5.41) is 6.49. The number of nitrogens with one attached hydrogen (secondary N) is 1. The van der Waals surface area contributed by atoms with Crippen LogP contribution in [0, 0.1) is 0 Å². The number of fused-ring (bicyclic) bond motifs is 1. The average molecular weight is 366 g/mol. The van der Waals surface area contributed by atoms with Gasteiger partial charge in [0.2, 0.25) is 17.6 Å². The lowest BCUT2D eigenvalue weighted by molar-refractivity contribution is -0.116. The van der Waals surface area contributed by atoms with Gasteiger partial charge in [-0.25, -0.2) is 0 Å². The normalized spacial score (nSPS) is 13.1. The van der Waals surface area contributed by atoms with Crippen LogP contribution in [0.2, 0.25) is 0 Å². The lowest BCUT2D eigenvalue weighted by Crippen LogP contribution is -2.24. The Balaban J connectivity index is 1.38. The van der Waals surface area contributed by atoms with Gasteiger partial charge in [0, 0.05) is 25.6 Å². The number of rotatable bonds is 5. The summed E-state index contributed by atoms with van der Waals surface area (Å²) in [5.41, 5.74) is 1.05. The van der Waals surface area contributed by atoms with Crippen molar-refractivity contribution >= 4 is 23.4 Å². The van der Waals surface area contributed by atoms with E-state index in [1.807, 2.05) is 0 Å². The zero-order valence-corrected chi connectivity index (χ0v) is 14.3. The van der Waals surface area contributed by atoms with Gasteiger partial charge in [-0.2, -0.15) is 4.98 Å². The van der Waals surface area contributed by atoms with Crippen LogP contribution in [0.4, 0.5) is 5.69 Å². The molecule has 1 aliphatic heterocycles. The number of carbonyl (C=O) groups excluding carboxylic acids is 3. The zero-order valence-electron chi connectivity index (χ0n) is 14.3. The number of carbonyl (C=O) groups is 3. The molecule has 0 unspecified atom stereocenters. The number of hydrogen-bond donors (Lipinski definition) is 1. The van der Waals surface area contributed by atoms with Crippen molar-refractivity contribution in [2.45, 2.75) is 12.8 Å². The van der Waals surface area contributed by atoms with E-state index in [9.17, 15) is 14.4 Å². The minimum Gasteiger partial charge on any atom is -0.461 e. The van der Waals surface area contributed by atoms with Crippen LogP contribution in [-0.2, 0) is 11.2 Å². The Morgan fingerprint density at radius 1 is 1.19 bits per heavy atom. The number of aryl methyl sites for hydroxylation is 1. The Bertz CT molecular complexity index is 1040. The van der Waals surface area contributed by atoms with Crippen molar-refractivity contribution in [3.05, 3.63) is 53.6 Å². The third kappa shape index (κ3) is 3.10. The maximum atomic E-state index is 12.1. The molecule has 3 aromatic rings. The third-order valence-electron chi connectivity index (χ3n) is 4.15. The molecule has 0 saturated heterocycles. The number of nitrogens with zero attached hydrogens (tertiary/aromatic N) is 3. The van der Waals surface area contributed by atoms with E-state index in [0.29, 0.717) is 28.7 Å². The molecule has 9 nitrogen and oxygen atoms in total. The van der Waals surface area contributed by atoms with E-state index in [2.05, 4.69) is 15.5 Å². The van der Waals surface area contributed by atoms with Gasteiger partial charge in [0.05, 0.1) is 17.4 Å². The first-order chi connectivity index (χ1) is 13.0. The van der Waals surface area contributed by atoms with Gasteiger partial charge in [-0.05, 0) is 30.3 Å². The number of furan rings is 1. The molecule has 0 spiro atoms. The summed E-state index contributed by atoms with van der Waals surface area (Å²) in [6.07, 6.45) is 1.87. The molecule has 3 heterocycles. The molecular weight excluding hydrogens is 352 g/mol. The van der Waals surface area contributed by atoms with Crippen LogP contribution in [0.3, 0.4) is 0 Å². The van der Waals surface area contributed by atoms with Crippen molar-refractivity contribution in [1.29, 1.82) is 0 Å². The Kier molecular flexibility index (Phi) is 4.03. The van der Waals surface area contributed by atoms with Gasteiger partial charge >= 0.3 is 0 Å². The van der Waals surface area contributed by atoms with Crippen molar-refractivity contribution in [1.82, 2.24) is 15.0 Å². The summed E-state index contributed by atoms with van der Waals surface area (Å²) >= 11 is 0. The van der Waals surface area contributed by atoms with Crippen LogP contribution in [0.25, 0.3) is 11.6 Å². The van der Waals surface area contributed by atoms with E-state index in [-0.39, 0.29) is 36.1 Å². The summed E-state index contributed by atoms with van der Waals surface area (Å²) in [6, 6.07) is 8.04. The quantitative estimate of drug-likeness (QED) is 0.687. The molecule has 1 aromatic carbocycles. The molecule has 27 heavy (non-hydrogen) atoms. The van der Waals surface area contributed by atoms with E-state index in [4.69, 9.17) is 8.94 Å². The third-order valence-corrected chi connectivity index (χ3v) is 4.15. The number of anilines is 1. The monoisotopic (exact) mass is 366 g/mol. The van der Waals surface area contributed by atoms with Crippen LogP contribution in [0.15, 0.2) is 45.5 Å². The molecule has 2 aromatic heterocycles. The molecule has 0 aliphatic carbocycles. The van der Waals surface area contributed by atoms with Crippen molar-refractivity contribution in [2.24, 2.45) is 0 Å². The predicted molar refractivity (Wildman–Crippen MR) is 91.8 cm³/mol. The molecule has 9 heteroatoms. The molecule has 4 rings (SSSR count). The van der Waals surface area contributed by atoms with Gasteiger partial charge in [0.1, 0.15) is 0 Å². The standard InChI is InChI=1S/C18H14N4O5/c1-22-17(24)11-5-4-10(9-12(11)18(22)25)19-14(23)6-7-15-20-16(21-27-15)13-3-2-8-26-13/h2-5,8-9H,6-7H2,1H3,(H,19,23). The summed E-state index contributed by atoms with van der Waals surface area (Å²) in [6.45, 7) is 0. The first-order valence-corrected chi connectivity index (χ1v) is 8.15. The van der Waals surface area contributed by atoms with Crippen molar-refractivity contribution < 1.29 is 23.3 Å². The highest BCUT2D eigenvalue weighted by Gasteiger charge is 2.32. The minimum atomic E-state index is -0.387. The van der Waals surface area contributed by atoms with Crippen LogP contribution in [-0.4, -0.2) is 39.8 Å². The number of aromatic nitrogens is 2. The van der Waals surface area contributed by atoms with Gasteiger partial charge in [-0.3, -0.25) is 19.3 Å². The smallest absolute Gasteiger partial charge is 0.261 e. The van der Waals surface area contributed by atoms with E-state index < -0.39 is 0 Å². The highest BCUT2D eigenvalue weighted by atomic mass is 16.5. The number of benzene rings is 1. The second kappa shape index (κ2) is 6.52. The Labute approximate surface area is 153 Å². The lowest BCUT2D eigenvalue weighted by Gasteiger charge is -2.05. The summed E-state index contributed by atoms with van der Waals surface area (Å²) in [5.74, 6) is 0.0999. The molecule has 0 saturated carbocycles. The molecule has 136 valence electrons. The first kappa shape index (κ1) is 16.7.